The first-order chi connectivity index (χ1) is 10.5. The van der Waals surface area contributed by atoms with Crippen molar-refractivity contribution in [2.45, 2.75) is 31.1 Å². The molecule has 3 rings (SSSR count). The van der Waals surface area contributed by atoms with E-state index in [1.165, 1.54) is 29.8 Å². The fraction of sp³-hybridized carbons (Fsp3) is 0.294. The van der Waals surface area contributed by atoms with Crippen molar-refractivity contribution in [3.8, 4) is 0 Å². The molecule has 0 aliphatic heterocycles. The smallest absolute Gasteiger partial charge is 0.212 e. The van der Waals surface area contributed by atoms with Gasteiger partial charge in [0.2, 0.25) is 10.0 Å². The van der Waals surface area contributed by atoms with Gasteiger partial charge in [0.15, 0.2) is 0 Å². The van der Waals surface area contributed by atoms with E-state index >= 15 is 0 Å². The quantitative estimate of drug-likeness (QED) is 0.939. The average Bonchev–Trinajstić information content (AvgIpc) is 2.49. The van der Waals surface area contributed by atoms with Crippen molar-refractivity contribution in [3.05, 3.63) is 71.0 Å². The first-order valence-electron chi connectivity index (χ1n) is 7.36. The number of aryl methyl sites for hydroxylation is 1. The second-order valence-corrected chi connectivity index (χ2v) is 7.40. The van der Waals surface area contributed by atoms with Gasteiger partial charge in [-0.05, 0) is 48.1 Å². The summed E-state index contributed by atoms with van der Waals surface area (Å²) in [5.74, 6) is -0.498. The van der Waals surface area contributed by atoms with E-state index in [2.05, 4.69) is 10.8 Å². The summed E-state index contributed by atoms with van der Waals surface area (Å²) in [5.41, 5.74) is 2.86. The van der Waals surface area contributed by atoms with Crippen LogP contribution in [-0.4, -0.2) is 8.42 Å². The molecule has 3 nitrogen and oxygen atoms in total. The summed E-state index contributed by atoms with van der Waals surface area (Å²) in [7, 11) is -3.46. The molecule has 0 bridgehead atoms. The number of hydrogen-bond donors (Lipinski definition) is 1. The van der Waals surface area contributed by atoms with Crippen molar-refractivity contribution in [2.24, 2.45) is 0 Å². The van der Waals surface area contributed by atoms with Gasteiger partial charge in [-0.3, -0.25) is 0 Å². The molecule has 0 fully saturated rings. The highest BCUT2D eigenvalue weighted by molar-refractivity contribution is 7.88. The highest BCUT2D eigenvalue weighted by atomic mass is 32.2. The predicted octanol–water partition coefficient (Wildman–Crippen LogP) is 3.32. The Morgan fingerprint density at radius 2 is 1.82 bits per heavy atom. The van der Waals surface area contributed by atoms with E-state index in [0.717, 1.165) is 24.8 Å². The van der Waals surface area contributed by atoms with Gasteiger partial charge in [0, 0.05) is 6.04 Å². The molecular formula is C17H18FNO2S. The molecule has 1 unspecified atom stereocenters. The average molecular weight is 319 g/mol. The van der Waals surface area contributed by atoms with Crippen molar-refractivity contribution >= 4 is 10.0 Å². The Labute approximate surface area is 130 Å². The van der Waals surface area contributed by atoms with E-state index < -0.39 is 10.0 Å². The number of hydrogen-bond acceptors (Lipinski definition) is 2. The van der Waals surface area contributed by atoms with Gasteiger partial charge in [-0.2, -0.15) is 0 Å². The molecule has 22 heavy (non-hydrogen) atoms. The third-order valence-corrected chi connectivity index (χ3v) is 5.32. The highest BCUT2D eigenvalue weighted by Gasteiger charge is 2.24. The van der Waals surface area contributed by atoms with Gasteiger partial charge in [-0.1, -0.05) is 36.4 Å². The van der Waals surface area contributed by atoms with E-state index in [-0.39, 0.29) is 17.6 Å². The molecule has 1 aliphatic carbocycles. The molecule has 0 amide bonds. The Balaban J connectivity index is 1.76. The lowest BCUT2D eigenvalue weighted by atomic mass is 9.88. The second-order valence-electron chi connectivity index (χ2n) is 5.65. The fourth-order valence-electron chi connectivity index (χ4n) is 2.93. The largest absolute Gasteiger partial charge is 0.216 e. The molecule has 1 N–H and O–H groups in total. The summed E-state index contributed by atoms with van der Waals surface area (Å²) in [6, 6.07) is 13.3. The molecule has 5 heteroatoms. The zero-order valence-corrected chi connectivity index (χ0v) is 12.9. The Bertz CT molecular complexity index is 756. The summed E-state index contributed by atoms with van der Waals surface area (Å²) >= 11 is 0. The van der Waals surface area contributed by atoms with Crippen LogP contribution in [0.15, 0.2) is 48.5 Å². The van der Waals surface area contributed by atoms with E-state index in [0.29, 0.717) is 5.56 Å². The fourth-order valence-corrected chi connectivity index (χ4v) is 4.33. The van der Waals surface area contributed by atoms with Gasteiger partial charge in [0.05, 0.1) is 5.75 Å². The lowest BCUT2D eigenvalue weighted by molar-refractivity contribution is 0.507. The summed E-state index contributed by atoms with van der Waals surface area (Å²) in [6.07, 6.45) is 2.77. The van der Waals surface area contributed by atoms with Gasteiger partial charge >= 0.3 is 0 Å². The zero-order valence-electron chi connectivity index (χ0n) is 12.1. The molecule has 1 atom stereocenters. The van der Waals surface area contributed by atoms with E-state index in [4.69, 9.17) is 0 Å². The molecule has 0 radical (unpaired) electrons. The van der Waals surface area contributed by atoms with Crippen LogP contribution in [0.5, 0.6) is 0 Å². The third kappa shape index (κ3) is 3.54. The summed E-state index contributed by atoms with van der Waals surface area (Å²) in [6.45, 7) is 0. The molecule has 2 aromatic rings. The Kier molecular flexibility index (Phi) is 4.27. The van der Waals surface area contributed by atoms with Gasteiger partial charge in [-0.25, -0.2) is 17.5 Å². The van der Waals surface area contributed by atoms with Crippen molar-refractivity contribution in [2.75, 3.05) is 0 Å². The maximum Gasteiger partial charge on any atom is 0.216 e. The topological polar surface area (TPSA) is 46.2 Å². The summed E-state index contributed by atoms with van der Waals surface area (Å²) in [5, 5.41) is 0. The normalized spacial score (nSPS) is 18.0. The lowest BCUT2D eigenvalue weighted by Crippen LogP contribution is -2.31. The number of fused-ring (bicyclic) bond motifs is 1. The van der Waals surface area contributed by atoms with Crippen LogP contribution in [0.3, 0.4) is 0 Å². The SMILES string of the molecule is O=S(=O)(Cc1ccc(F)cc1)NC1CCCc2ccccc21. The molecule has 0 saturated heterocycles. The predicted molar refractivity (Wildman–Crippen MR) is 84.3 cm³/mol. The monoisotopic (exact) mass is 319 g/mol. The van der Waals surface area contributed by atoms with Crippen LogP contribution >= 0.6 is 0 Å². The minimum Gasteiger partial charge on any atom is -0.212 e. The molecule has 1 aliphatic rings. The van der Waals surface area contributed by atoms with Crippen molar-refractivity contribution < 1.29 is 12.8 Å². The minimum absolute atomic E-state index is 0.133. The molecule has 0 spiro atoms. The van der Waals surface area contributed by atoms with Crippen molar-refractivity contribution in [3.63, 3.8) is 0 Å². The van der Waals surface area contributed by atoms with Crippen molar-refractivity contribution in [1.82, 2.24) is 4.72 Å². The van der Waals surface area contributed by atoms with Gasteiger partial charge in [0.25, 0.3) is 0 Å². The van der Waals surface area contributed by atoms with Gasteiger partial charge < -0.3 is 0 Å². The van der Waals surface area contributed by atoms with Crippen LogP contribution in [-0.2, 0) is 22.2 Å². The van der Waals surface area contributed by atoms with Gasteiger partial charge in [0.1, 0.15) is 5.82 Å². The zero-order chi connectivity index (χ0) is 15.6. The van der Waals surface area contributed by atoms with E-state index in [1.807, 2.05) is 18.2 Å². The molecule has 116 valence electrons. The third-order valence-electron chi connectivity index (χ3n) is 3.96. The van der Waals surface area contributed by atoms with Crippen LogP contribution in [0.1, 0.15) is 35.6 Å². The Morgan fingerprint density at radius 3 is 2.59 bits per heavy atom. The first kappa shape index (κ1) is 15.2. The first-order valence-corrected chi connectivity index (χ1v) is 9.01. The molecule has 0 heterocycles. The number of sulfonamides is 1. The summed E-state index contributed by atoms with van der Waals surface area (Å²) < 4.78 is 40.4. The van der Waals surface area contributed by atoms with Crippen LogP contribution in [0.2, 0.25) is 0 Å². The minimum atomic E-state index is -3.46. The second kappa shape index (κ2) is 6.18. The van der Waals surface area contributed by atoms with Crippen molar-refractivity contribution in [1.29, 1.82) is 0 Å². The maximum atomic E-state index is 12.9. The number of benzene rings is 2. The molecule has 0 saturated carbocycles. The van der Waals surface area contributed by atoms with E-state index in [1.54, 1.807) is 0 Å². The number of halogens is 1. The Morgan fingerprint density at radius 1 is 1.09 bits per heavy atom. The standard InChI is InChI=1S/C17H18FNO2S/c18-15-10-8-13(9-11-15)12-22(20,21)19-17-7-3-5-14-4-1-2-6-16(14)17/h1-2,4,6,8-11,17,19H,3,5,7,12H2. The maximum absolute atomic E-state index is 12.9. The molecular weight excluding hydrogens is 301 g/mol. The van der Waals surface area contributed by atoms with Crippen LogP contribution in [0.25, 0.3) is 0 Å². The van der Waals surface area contributed by atoms with Gasteiger partial charge in [-0.15, -0.1) is 0 Å². The Hall–Kier alpha value is -1.72. The van der Waals surface area contributed by atoms with Crippen LogP contribution in [0, 0.1) is 5.82 Å². The van der Waals surface area contributed by atoms with E-state index in [9.17, 15) is 12.8 Å². The lowest BCUT2D eigenvalue weighted by Gasteiger charge is -2.26. The highest BCUT2D eigenvalue weighted by Crippen LogP contribution is 2.30. The van der Waals surface area contributed by atoms with Crippen LogP contribution in [0.4, 0.5) is 4.39 Å². The number of nitrogens with one attached hydrogen (secondary N) is 1. The molecule has 0 aromatic heterocycles. The van der Waals surface area contributed by atoms with Crippen LogP contribution < -0.4 is 4.72 Å². The number of rotatable bonds is 4. The molecule has 2 aromatic carbocycles. The summed E-state index contributed by atoms with van der Waals surface area (Å²) in [4.78, 5) is 0.